The number of nitrogens with zero attached hydrogens (tertiary/aromatic N) is 1. The van der Waals surface area contributed by atoms with Crippen molar-refractivity contribution in [2.45, 2.75) is 0 Å². The van der Waals surface area contributed by atoms with Gasteiger partial charge >= 0.3 is 0 Å². The second kappa shape index (κ2) is 5.78. The van der Waals surface area contributed by atoms with Gasteiger partial charge in [0.05, 0.1) is 5.71 Å². The molecule has 1 aliphatic rings. The van der Waals surface area contributed by atoms with E-state index in [4.69, 9.17) is 9.84 Å². The number of fused-ring (bicyclic) bond motifs is 1. The van der Waals surface area contributed by atoms with Crippen molar-refractivity contribution in [2.75, 3.05) is 13.2 Å². The molecule has 1 heterocycles. The number of aliphatic hydroxyl groups excluding tert-OH is 1. The Kier molecular flexibility index (Phi) is 3.67. The Balaban J connectivity index is 1.89. The molecule has 4 heteroatoms. The summed E-state index contributed by atoms with van der Waals surface area (Å²) in [5.74, 6) is 5.56. The fourth-order valence-electron chi connectivity index (χ4n) is 2.06. The van der Waals surface area contributed by atoms with Gasteiger partial charge in [-0.2, -0.15) is 0 Å². The minimum atomic E-state index is -0.334. The zero-order chi connectivity index (χ0) is 14.7. The third-order valence-corrected chi connectivity index (χ3v) is 3.07. The lowest BCUT2D eigenvalue weighted by atomic mass is 10.1. The van der Waals surface area contributed by atoms with Gasteiger partial charge in [0.2, 0.25) is 0 Å². The molecule has 3 nitrogen and oxygen atoms in total. The molecule has 2 aromatic rings. The first-order valence-electron chi connectivity index (χ1n) is 6.46. The van der Waals surface area contributed by atoms with Crippen LogP contribution in [0.25, 0.3) is 0 Å². The van der Waals surface area contributed by atoms with Crippen LogP contribution >= 0.6 is 0 Å². The molecule has 104 valence electrons. The summed E-state index contributed by atoms with van der Waals surface area (Å²) in [6.45, 7) is 0.147. The van der Waals surface area contributed by atoms with Crippen molar-refractivity contribution in [3.05, 3.63) is 59.4 Å². The van der Waals surface area contributed by atoms with E-state index in [0.717, 1.165) is 16.8 Å². The molecule has 0 unspecified atom stereocenters. The van der Waals surface area contributed by atoms with Gasteiger partial charge in [0, 0.05) is 11.6 Å². The van der Waals surface area contributed by atoms with Gasteiger partial charge in [0.1, 0.15) is 30.5 Å². The summed E-state index contributed by atoms with van der Waals surface area (Å²) >= 11 is 0. The van der Waals surface area contributed by atoms with Crippen LogP contribution in [0.3, 0.4) is 0 Å². The first-order valence-corrected chi connectivity index (χ1v) is 6.46. The van der Waals surface area contributed by atoms with E-state index in [1.54, 1.807) is 6.07 Å². The predicted octanol–water partition coefficient (Wildman–Crippen LogP) is 2.68. The normalized spacial score (nSPS) is 12.6. The van der Waals surface area contributed by atoms with Gasteiger partial charge in [0.15, 0.2) is 0 Å². The molecule has 1 aliphatic heterocycles. The van der Waals surface area contributed by atoms with Crippen LogP contribution in [0, 0.1) is 17.7 Å². The molecule has 0 aromatic heterocycles. The number of halogens is 1. The van der Waals surface area contributed by atoms with Crippen LogP contribution in [0.2, 0.25) is 0 Å². The minimum absolute atomic E-state index is 0.157. The molecule has 0 aliphatic carbocycles. The Hall–Kier alpha value is -2.64. The highest BCUT2D eigenvalue weighted by Crippen LogP contribution is 2.32. The molecule has 0 spiro atoms. The summed E-state index contributed by atoms with van der Waals surface area (Å²) in [4.78, 5) is 4.50. The van der Waals surface area contributed by atoms with Crippen molar-refractivity contribution >= 4 is 11.4 Å². The van der Waals surface area contributed by atoms with E-state index in [1.165, 1.54) is 12.1 Å². The second-order valence-electron chi connectivity index (χ2n) is 4.50. The van der Waals surface area contributed by atoms with Crippen LogP contribution in [0.5, 0.6) is 5.75 Å². The Morgan fingerprint density at radius 1 is 1.19 bits per heavy atom. The number of ether oxygens (including phenoxy) is 1. The van der Waals surface area contributed by atoms with Crippen LogP contribution in [0.4, 0.5) is 10.1 Å². The van der Waals surface area contributed by atoms with E-state index in [-0.39, 0.29) is 12.4 Å². The Morgan fingerprint density at radius 2 is 2.00 bits per heavy atom. The molecule has 0 saturated heterocycles. The van der Waals surface area contributed by atoms with E-state index in [2.05, 4.69) is 16.8 Å². The molecule has 0 atom stereocenters. The van der Waals surface area contributed by atoms with E-state index >= 15 is 0 Å². The Bertz CT molecular complexity index is 755. The van der Waals surface area contributed by atoms with Gasteiger partial charge in [-0.15, -0.1) is 0 Å². The van der Waals surface area contributed by atoms with Crippen molar-refractivity contribution < 1.29 is 14.2 Å². The van der Waals surface area contributed by atoms with E-state index in [0.29, 0.717) is 18.0 Å². The number of rotatable bonds is 1. The smallest absolute Gasteiger partial charge is 0.148 e. The predicted molar refractivity (Wildman–Crippen MR) is 78.5 cm³/mol. The zero-order valence-corrected chi connectivity index (χ0v) is 11.1. The molecular formula is C17H12FNO2. The summed E-state index contributed by atoms with van der Waals surface area (Å²) in [5, 5.41) is 8.66. The summed E-state index contributed by atoms with van der Waals surface area (Å²) in [6.07, 6.45) is 0. The maximum atomic E-state index is 13.1. The standard InChI is InChI=1S/C17H12FNO2/c18-14-7-8-15-17(10-14)21-11-16(19-15)13-5-3-12(4-6-13)2-1-9-20/h3-8,10,20H,9,11H2. The Labute approximate surface area is 121 Å². The molecule has 21 heavy (non-hydrogen) atoms. The van der Waals surface area contributed by atoms with Crippen molar-refractivity contribution in [1.29, 1.82) is 0 Å². The SMILES string of the molecule is OCC#Cc1ccc(C2=Nc3ccc(F)cc3OC2)cc1. The third-order valence-electron chi connectivity index (χ3n) is 3.07. The van der Waals surface area contributed by atoms with Gasteiger partial charge < -0.3 is 9.84 Å². The number of aliphatic hydroxyl groups is 1. The van der Waals surface area contributed by atoms with Crippen molar-refractivity contribution in [2.24, 2.45) is 4.99 Å². The lowest BCUT2D eigenvalue weighted by molar-refractivity contribution is 0.350. The first-order chi connectivity index (χ1) is 10.3. The molecule has 1 N–H and O–H groups in total. The third kappa shape index (κ3) is 2.93. The van der Waals surface area contributed by atoms with Crippen LogP contribution in [0.1, 0.15) is 11.1 Å². The first kappa shape index (κ1) is 13.3. The van der Waals surface area contributed by atoms with Gasteiger partial charge in [-0.05, 0) is 29.8 Å². The fourth-order valence-corrected chi connectivity index (χ4v) is 2.06. The average molecular weight is 281 g/mol. The number of benzene rings is 2. The molecule has 2 aromatic carbocycles. The summed E-state index contributed by atoms with van der Waals surface area (Å²) in [7, 11) is 0. The topological polar surface area (TPSA) is 41.8 Å². The van der Waals surface area contributed by atoms with E-state index in [9.17, 15) is 4.39 Å². The van der Waals surface area contributed by atoms with Gasteiger partial charge in [-0.1, -0.05) is 24.0 Å². The highest BCUT2D eigenvalue weighted by atomic mass is 19.1. The highest BCUT2D eigenvalue weighted by molar-refractivity contribution is 6.04. The number of hydrogen-bond donors (Lipinski definition) is 1. The fraction of sp³-hybridized carbons (Fsp3) is 0.118. The van der Waals surface area contributed by atoms with E-state index < -0.39 is 0 Å². The van der Waals surface area contributed by atoms with E-state index in [1.807, 2.05) is 24.3 Å². The van der Waals surface area contributed by atoms with Crippen LogP contribution < -0.4 is 4.74 Å². The maximum absolute atomic E-state index is 13.1. The van der Waals surface area contributed by atoms with Crippen molar-refractivity contribution in [3.63, 3.8) is 0 Å². The number of hydrogen-bond acceptors (Lipinski definition) is 3. The van der Waals surface area contributed by atoms with Crippen molar-refractivity contribution in [1.82, 2.24) is 0 Å². The molecule has 3 rings (SSSR count). The van der Waals surface area contributed by atoms with Crippen LogP contribution in [0.15, 0.2) is 47.5 Å². The van der Waals surface area contributed by atoms with Crippen molar-refractivity contribution in [3.8, 4) is 17.6 Å². The molecule has 0 fully saturated rings. The summed E-state index contributed by atoms with van der Waals surface area (Å²) in [6, 6.07) is 11.8. The summed E-state index contributed by atoms with van der Waals surface area (Å²) in [5.41, 5.74) is 3.17. The molecule has 0 saturated carbocycles. The quantitative estimate of drug-likeness (QED) is 0.817. The minimum Gasteiger partial charge on any atom is -0.485 e. The molecule has 0 bridgehead atoms. The largest absolute Gasteiger partial charge is 0.485 e. The molecule has 0 amide bonds. The van der Waals surface area contributed by atoms with Crippen LogP contribution in [-0.2, 0) is 0 Å². The Morgan fingerprint density at radius 3 is 2.76 bits per heavy atom. The maximum Gasteiger partial charge on any atom is 0.148 e. The van der Waals surface area contributed by atoms with Gasteiger partial charge in [-0.25, -0.2) is 9.38 Å². The monoisotopic (exact) mass is 281 g/mol. The lowest BCUT2D eigenvalue weighted by Crippen LogP contribution is -2.16. The van der Waals surface area contributed by atoms with Gasteiger partial charge in [0.25, 0.3) is 0 Å². The summed E-state index contributed by atoms with van der Waals surface area (Å²) < 4.78 is 18.6. The average Bonchev–Trinajstić information content (AvgIpc) is 2.53. The highest BCUT2D eigenvalue weighted by Gasteiger charge is 2.15. The van der Waals surface area contributed by atoms with Crippen LogP contribution in [-0.4, -0.2) is 24.0 Å². The zero-order valence-electron chi connectivity index (χ0n) is 11.1. The van der Waals surface area contributed by atoms with Gasteiger partial charge in [-0.3, -0.25) is 0 Å². The second-order valence-corrected chi connectivity index (χ2v) is 4.50. The lowest BCUT2D eigenvalue weighted by Gasteiger charge is -2.17. The molecular weight excluding hydrogens is 269 g/mol. The number of aliphatic imine (C=N–C) groups is 1. The molecule has 0 radical (unpaired) electrons.